The predicted molar refractivity (Wildman–Crippen MR) is 86.5 cm³/mol. The maximum Gasteiger partial charge on any atom is 0.214 e. The van der Waals surface area contributed by atoms with Crippen LogP contribution in [0.3, 0.4) is 0 Å². The second-order valence-corrected chi connectivity index (χ2v) is 7.06. The van der Waals surface area contributed by atoms with E-state index in [-0.39, 0.29) is 5.79 Å². The lowest BCUT2D eigenvalue weighted by molar-refractivity contribution is -0.181. The molecule has 1 spiro atoms. The van der Waals surface area contributed by atoms with Crippen molar-refractivity contribution in [3.63, 3.8) is 0 Å². The van der Waals surface area contributed by atoms with Gasteiger partial charge in [-0.15, -0.1) is 5.10 Å². The second-order valence-electron chi connectivity index (χ2n) is 6.07. The Balaban J connectivity index is 1.35. The summed E-state index contributed by atoms with van der Waals surface area (Å²) < 4.78 is 13.4. The summed E-state index contributed by atoms with van der Waals surface area (Å²) in [5, 5.41) is 12.9. The van der Waals surface area contributed by atoms with Gasteiger partial charge in [0.25, 0.3) is 0 Å². The number of benzene rings is 1. The molecule has 6 nitrogen and oxygen atoms in total. The highest BCUT2D eigenvalue weighted by atomic mass is 32.2. The maximum atomic E-state index is 5.79. The zero-order chi connectivity index (χ0) is 15.5. The molecule has 2 aliphatic rings. The van der Waals surface area contributed by atoms with Crippen LogP contribution in [-0.2, 0) is 9.47 Å². The second kappa shape index (κ2) is 6.59. The summed E-state index contributed by atoms with van der Waals surface area (Å²) in [6, 6.07) is 10.0. The van der Waals surface area contributed by atoms with Crippen molar-refractivity contribution in [3.8, 4) is 5.69 Å². The Morgan fingerprint density at radius 3 is 2.61 bits per heavy atom. The first-order chi connectivity index (χ1) is 11.3. The van der Waals surface area contributed by atoms with Crippen molar-refractivity contribution in [3.05, 3.63) is 30.3 Å². The fraction of sp³-hybridized carbons (Fsp3) is 0.562. The van der Waals surface area contributed by atoms with Crippen LogP contribution in [0.25, 0.3) is 5.69 Å². The third-order valence-corrected chi connectivity index (χ3v) is 5.72. The number of hydrogen-bond acceptors (Lipinski definition) is 6. The number of tetrazole rings is 1. The first-order valence-corrected chi connectivity index (χ1v) is 9.08. The minimum Gasteiger partial charge on any atom is -0.348 e. The Kier molecular flexibility index (Phi) is 4.33. The van der Waals surface area contributed by atoms with E-state index in [0.29, 0.717) is 5.92 Å². The zero-order valence-corrected chi connectivity index (χ0v) is 13.7. The standard InChI is InChI=1S/C16H20N4O2S/c1-2-4-14(5-3-1)20-15(17-18-19-20)23-12-13-6-8-16(9-7-13)21-10-11-22-16/h1-5,13H,6-12H2. The number of ether oxygens (including phenoxy) is 2. The molecule has 7 heteroatoms. The van der Waals surface area contributed by atoms with Gasteiger partial charge in [-0.1, -0.05) is 30.0 Å². The molecule has 2 aromatic rings. The lowest BCUT2D eigenvalue weighted by Crippen LogP contribution is -2.35. The minimum absolute atomic E-state index is 0.271. The molecule has 1 aliphatic carbocycles. The van der Waals surface area contributed by atoms with Gasteiger partial charge < -0.3 is 9.47 Å². The number of rotatable bonds is 4. The number of nitrogens with zero attached hydrogens (tertiary/aromatic N) is 4. The van der Waals surface area contributed by atoms with E-state index in [0.717, 1.165) is 55.5 Å². The van der Waals surface area contributed by atoms with Gasteiger partial charge in [-0.2, -0.15) is 4.68 Å². The van der Waals surface area contributed by atoms with E-state index < -0.39 is 0 Å². The number of para-hydroxylation sites is 1. The summed E-state index contributed by atoms with van der Waals surface area (Å²) in [6.45, 7) is 1.48. The third kappa shape index (κ3) is 3.27. The summed E-state index contributed by atoms with van der Waals surface area (Å²) in [7, 11) is 0. The van der Waals surface area contributed by atoms with E-state index >= 15 is 0 Å². The highest BCUT2D eigenvalue weighted by molar-refractivity contribution is 7.99. The summed E-state index contributed by atoms with van der Waals surface area (Å²) in [6.07, 6.45) is 4.28. The van der Waals surface area contributed by atoms with E-state index in [4.69, 9.17) is 9.47 Å². The van der Waals surface area contributed by atoms with Crippen LogP contribution < -0.4 is 0 Å². The zero-order valence-electron chi connectivity index (χ0n) is 12.9. The maximum absolute atomic E-state index is 5.79. The van der Waals surface area contributed by atoms with Crippen LogP contribution in [0, 0.1) is 5.92 Å². The topological polar surface area (TPSA) is 62.1 Å². The van der Waals surface area contributed by atoms with Gasteiger partial charge in [0.05, 0.1) is 18.9 Å². The van der Waals surface area contributed by atoms with Crippen molar-refractivity contribution in [2.24, 2.45) is 5.92 Å². The number of aromatic nitrogens is 4. The summed E-state index contributed by atoms with van der Waals surface area (Å²) in [4.78, 5) is 0. The van der Waals surface area contributed by atoms with Gasteiger partial charge in [-0.3, -0.25) is 0 Å². The van der Waals surface area contributed by atoms with Crippen LogP contribution >= 0.6 is 11.8 Å². The Morgan fingerprint density at radius 2 is 1.87 bits per heavy atom. The first kappa shape index (κ1) is 15.1. The largest absolute Gasteiger partial charge is 0.348 e. The van der Waals surface area contributed by atoms with Gasteiger partial charge in [-0.25, -0.2) is 0 Å². The Bertz CT molecular complexity index is 633. The van der Waals surface area contributed by atoms with E-state index in [2.05, 4.69) is 15.5 Å². The summed E-state index contributed by atoms with van der Waals surface area (Å²) in [5.74, 6) is 1.43. The molecule has 1 saturated heterocycles. The molecule has 1 aliphatic heterocycles. The van der Waals surface area contributed by atoms with Crippen LogP contribution in [0.2, 0.25) is 0 Å². The van der Waals surface area contributed by atoms with Gasteiger partial charge in [0.15, 0.2) is 5.79 Å². The van der Waals surface area contributed by atoms with Crippen molar-refractivity contribution < 1.29 is 9.47 Å². The van der Waals surface area contributed by atoms with E-state index in [1.54, 1.807) is 16.4 Å². The average molecular weight is 332 g/mol. The normalized spacial score (nSPS) is 21.0. The third-order valence-electron chi connectivity index (χ3n) is 4.57. The molecule has 0 unspecified atom stereocenters. The first-order valence-electron chi connectivity index (χ1n) is 8.09. The Hall–Kier alpha value is -1.44. The number of hydrogen-bond donors (Lipinski definition) is 0. The van der Waals surface area contributed by atoms with Crippen LogP contribution in [0.5, 0.6) is 0 Å². The van der Waals surface area contributed by atoms with Crippen LogP contribution in [-0.4, -0.2) is 45.0 Å². The van der Waals surface area contributed by atoms with Crippen LogP contribution in [0.4, 0.5) is 0 Å². The van der Waals surface area contributed by atoms with E-state index in [9.17, 15) is 0 Å². The van der Waals surface area contributed by atoms with Gasteiger partial charge in [0, 0.05) is 18.6 Å². The molecule has 1 aromatic heterocycles. The Morgan fingerprint density at radius 1 is 1.13 bits per heavy atom. The van der Waals surface area contributed by atoms with E-state index in [1.165, 1.54) is 0 Å². The van der Waals surface area contributed by atoms with Crippen LogP contribution in [0.1, 0.15) is 25.7 Å². The molecule has 1 aromatic carbocycles. The SMILES string of the molecule is c1ccc(-n2nnnc2SCC2CCC3(CC2)OCCO3)cc1. The van der Waals surface area contributed by atoms with Gasteiger partial charge in [0.2, 0.25) is 5.16 Å². The minimum atomic E-state index is -0.271. The fourth-order valence-corrected chi connectivity index (χ4v) is 4.34. The highest BCUT2D eigenvalue weighted by Gasteiger charge is 2.40. The van der Waals surface area contributed by atoms with Gasteiger partial charge >= 0.3 is 0 Å². The van der Waals surface area contributed by atoms with Crippen molar-refractivity contribution in [2.45, 2.75) is 36.6 Å². The van der Waals surface area contributed by atoms with Crippen molar-refractivity contribution in [2.75, 3.05) is 19.0 Å². The Labute approximate surface area is 139 Å². The predicted octanol–water partition coefficient (Wildman–Crippen LogP) is 2.69. The van der Waals surface area contributed by atoms with Crippen molar-refractivity contribution in [1.29, 1.82) is 0 Å². The molecule has 0 amide bonds. The lowest BCUT2D eigenvalue weighted by atomic mass is 9.86. The van der Waals surface area contributed by atoms with Crippen molar-refractivity contribution >= 4 is 11.8 Å². The molecule has 0 atom stereocenters. The molecular formula is C16H20N4O2S. The summed E-state index contributed by atoms with van der Waals surface area (Å²) in [5.41, 5.74) is 0.996. The monoisotopic (exact) mass is 332 g/mol. The molecule has 0 radical (unpaired) electrons. The molecule has 0 bridgehead atoms. The molecule has 2 heterocycles. The molecule has 1 saturated carbocycles. The molecule has 122 valence electrons. The van der Waals surface area contributed by atoms with E-state index in [1.807, 2.05) is 30.3 Å². The lowest BCUT2D eigenvalue weighted by Gasteiger charge is -2.35. The summed E-state index contributed by atoms with van der Waals surface area (Å²) >= 11 is 1.73. The van der Waals surface area contributed by atoms with Crippen LogP contribution in [0.15, 0.2) is 35.5 Å². The fourth-order valence-electron chi connectivity index (χ4n) is 3.26. The molecular weight excluding hydrogens is 312 g/mol. The van der Waals surface area contributed by atoms with Gasteiger partial charge in [0.1, 0.15) is 0 Å². The molecule has 2 fully saturated rings. The highest BCUT2D eigenvalue weighted by Crippen LogP contribution is 2.39. The molecule has 4 rings (SSSR count). The molecule has 0 N–H and O–H groups in total. The smallest absolute Gasteiger partial charge is 0.214 e. The number of thioether (sulfide) groups is 1. The average Bonchev–Trinajstić information content (AvgIpc) is 3.25. The van der Waals surface area contributed by atoms with Gasteiger partial charge in [-0.05, 0) is 41.3 Å². The molecule has 23 heavy (non-hydrogen) atoms. The quantitative estimate of drug-likeness (QED) is 0.802. The van der Waals surface area contributed by atoms with Crippen molar-refractivity contribution in [1.82, 2.24) is 20.2 Å².